The fourth-order valence-corrected chi connectivity index (χ4v) is 3.92. The number of nitrogens with one attached hydrogen (secondary N) is 2. The van der Waals surface area contributed by atoms with E-state index in [0.717, 1.165) is 28.1 Å². The second kappa shape index (κ2) is 9.33. The van der Waals surface area contributed by atoms with E-state index >= 15 is 0 Å². The van der Waals surface area contributed by atoms with Crippen LogP contribution in [0.25, 0.3) is 5.70 Å². The van der Waals surface area contributed by atoms with Crippen LogP contribution in [0, 0.1) is 0 Å². The molecule has 0 amide bonds. The maximum atomic E-state index is 10.9. The Morgan fingerprint density at radius 2 is 1.84 bits per heavy atom. The monoisotopic (exact) mass is 436 g/mol. The molecule has 31 heavy (non-hydrogen) atoms. The fourth-order valence-electron chi connectivity index (χ4n) is 3.72. The van der Waals surface area contributed by atoms with E-state index in [9.17, 15) is 5.11 Å². The van der Waals surface area contributed by atoms with Crippen LogP contribution in [-0.2, 0) is 0 Å². The van der Waals surface area contributed by atoms with Crippen LogP contribution in [0.1, 0.15) is 35.8 Å². The van der Waals surface area contributed by atoms with Crippen molar-refractivity contribution in [2.45, 2.75) is 19.1 Å². The lowest BCUT2D eigenvalue weighted by Gasteiger charge is -2.33. The van der Waals surface area contributed by atoms with E-state index < -0.39 is 0 Å². The molecule has 3 N–H and O–H groups in total. The minimum atomic E-state index is -0.258. The zero-order chi connectivity index (χ0) is 21.8. The number of halogens is 1. The number of para-hydroxylation sites is 1. The van der Waals surface area contributed by atoms with Gasteiger partial charge in [-0.05, 0) is 48.9 Å². The lowest BCUT2D eigenvalue weighted by atomic mass is 9.97. The molecule has 0 aromatic heterocycles. The van der Waals surface area contributed by atoms with Gasteiger partial charge in [0.25, 0.3) is 0 Å². The average Bonchev–Trinajstić information content (AvgIpc) is 2.80. The highest BCUT2D eigenvalue weighted by Gasteiger charge is 2.27. The normalized spacial score (nSPS) is 18.1. The Labute approximate surface area is 187 Å². The van der Waals surface area contributed by atoms with Crippen LogP contribution in [0.2, 0.25) is 5.02 Å². The van der Waals surface area contributed by atoms with Crippen LogP contribution in [-0.4, -0.2) is 18.8 Å². The van der Waals surface area contributed by atoms with Crippen molar-refractivity contribution in [3.05, 3.63) is 94.5 Å². The van der Waals surface area contributed by atoms with Gasteiger partial charge in [-0.15, -0.1) is 0 Å². The maximum Gasteiger partial charge on any atom is 0.162 e. The predicted octanol–water partition coefficient (Wildman–Crippen LogP) is 5.43. The van der Waals surface area contributed by atoms with Crippen molar-refractivity contribution in [1.82, 2.24) is 10.6 Å². The lowest BCUT2D eigenvalue weighted by Crippen LogP contribution is -2.39. The predicted molar refractivity (Wildman–Crippen MR) is 123 cm³/mol. The number of phenolic OH excluding ortho intramolecular Hbond substituents is 1. The van der Waals surface area contributed by atoms with Crippen molar-refractivity contribution >= 4 is 17.3 Å². The van der Waals surface area contributed by atoms with Gasteiger partial charge < -0.3 is 19.9 Å². The van der Waals surface area contributed by atoms with Crippen molar-refractivity contribution in [2.24, 2.45) is 0 Å². The van der Waals surface area contributed by atoms with Gasteiger partial charge in [0.1, 0.15) is 11.9 Å². The van der Waals surface area contributed by atoms with Gasteiger partial charge in [0, 0.05) is 21.8 Å². The Balaban J connectivity index is 1.78. The molecule has 3 aromatic carbocycles. The highest BCUT2D eigenvalue weighted by Crippen LogP contribution is 2.38. The molecular formula is C25H25ClN2O3. The van der Waals surface area contributed by atoms with E-state index in [1.165, 1.54) is 0 Å². The molecule has 1 heterocycles. The molecule has 4 rings (SSSR count). The zero-order valence-corrected chi connectivity index (χ0v) is 18.2. The van der Waals surface area contributed by atoms with Crippen LogP contribution < -0.4 is 20.1 Å². The van der Waals surface area contributed by atoms with Crippen LogP contribution in [0.15, 0.2) is 72.8 Å². The summed E-state index contributed by atoms with van der Waals surface area (Å²) >= 11 is 6.25. The molecule has 1 aliphatic rings. The number of hydrogen-bond donors (Lipinski definition) is 3. The van der Waals surface area contributed by atoms with Gasteiger partial charge in [0.05, 0.1) is 19.8 Å². The summed E-state index contributed by atoms with van der Waals surface area (Å²) in [4.78, 5) is 0. The van der Waals surface area contributed by atoms with E-state index in [1.54, 1.807) is 13.2 Å². The summed E-state index contributed by atoms with van der Waals surface area (Å²) in [5.41, 5.74) is 3.64. The summed E-state index contributed by atoms with van der Waals surface area (Å²) < 4.78 is 11.0. The zero-order valence-electron chi connectivity index (χ0n) is 17.4. The van der Waals surface area contributed by atoms with Gasteiger partial charge >= 0.3 is 0 Å². The summed E-state index contributed by atoms with van der Waals surface area (Å²) in [6.07, 6.45) is 1.84. The highest BCUT2D eigenvalue weighted by atomic mass is 35.5. The number of hydrogen-bond acceptors (Lipinski definition) is 5. The van der Waals surface area contributed by atoms with E-state index in [0.29, 0.717) is 17.4 Å². The molecule has 0 saturated carbocycles. The number of benzene rings is 3. The molecule has 0 aliphatic carbocycles. The van der Waals surface area contributed by atoms with Gasteiger partial charge in [-0.25, -0.2) is 0 Å². The number of methoxy groups -OCH3 is 1. The van der Waals surface area contributed by atoms with Crippen LogP contribution in [0.5, 0.6) is 17.2 Å². The Morgan fingerprint density at radius 3 is 2.61 bits per heavy atom. The fraction of sp³-hybridized carbons (Fsp3) is 0.200. The minimum Gasteiger partial charge on any atom is -0.504 e. The first-order valence-corrected chi connectivity index (χ1v) is 10.6. The molecule has 0 bridgehead atoms. The standard InChI is InChI=1S/C25H25ClN2O3/c1-3-31-23-12-6-11-20(24(23)29)22-15-21(16-7-5-10-19(14-16)30-2)27-25(28-22)17-8-4-9-18(26)13-17/h4-15,22,25,27-29H,3H2,1-2H3. The molecule has 6 heteroatoms. The Morgan fingerprint density at radius 1 is 1.03 bits per heavy atom. The number of ether oxygens (including phenoxy) is 2. The molecule has 2 unspecified atom stereocenters. The average molecular weight is 437 g/mol. The summed E-state index contributed by atoms with van der Waals surface area (Å²) in [5, 5.41) is 18.6. The molecule has 0 saturated heterocycles. The van der Waals surface area contributed by atoms with Crippen LogP contribution >= 0.6 is 11.6 Å². The smallest absolute Gasteiger partial charge is 0.162 e. The van der Waals surface area contributed by atoms with Crippen LogP contribution in [0.3, 0.4) is 0 Å². The van der Waals surface area contributed by atoms with E-state index in [2.05, 4.69) is 16.7 Å². The van der Waals surface area contributed by atoms with Crippen molar-refractivity contribution in [2.75, 3.05) is 13.7 Å². The molecule has 160 valence electrons. The molecule has 2 atom stereocenters. The van der Waals surface area contributed by atoms with Crippen molar-refractivity contribution < 1.29 is 14.6 Å². The van der Waals surface area contributed by atoms with Gasteiger partial charge in [0.15, 0.2) is 11.5 Å². The molecule has 1 aliphatic heterocycles. The molecular weight excluding hydrogens is 412 g/mol. The molecule has 0 radical (unpaired) electrons. The number of aromatic hydroxyl groups is 1. The summed E-state index contributed by atoms with van der Waals surface area (Å²) in [6, 6.07) is 20.9. The highest BCUT2D eigenvalue weighted by molar-refractivity contribution is 6.30. The van der Waals surface area contributed by atoms with Crippen LogP contribution in [0.4, 0.5) is 0 Å². The van der Waals surface area contributed by atoms with Crippen molar-refractivity contribution in [3.63, 3.8) is 0 Å². The third-order valence-electron chi connectivity index (χ3n) is 5.21. The third kappa shape index (κ3) is 4.63. The lowest BCUT2D eigenvalue weighted by molar-refractivity contribution is 0.314. The first-order chi connectivity index (χ1) is 15.1. The largest absolute Gasteiger partial charge is 0.504 e. The van der Waals surface area contributed by atoms with Crippen molar-refractivity contribution in [3.8, 4) is 17.2 Å². The summed E-state index contributed by atoms with van der Waals surface area (Å²) in [6.45, 7) is 2.37. The van der Waals surface area contributed by atoms with E-state index in [1.807, 2.05) is 67.6 Å². The second-order valence-electron chi connectivity index (χ2n) is 7.22. The van der Waals surface area contributed by atoms with Gasteiger partial charge in [-0.1, -0.05) is 48.0 Å². The van der Waals surface area contributed by atoms with Gasteiger partial charge in [0.2, 0.25) is 0 Å². The van der Waals surface area contributed by atoms with Crippen molar-refractivity contribution in [1.29, 1.82) is 0 Å². The molecule has 0 fully saturated rings. The summed E-state index contributed by atoms with van der Waals surface area (Å²) in [7, 11) is 1.65. The molecule has 5 nitrogen and oxygen atoms in total. The Bertz CT molecular complexity index is 1100. The minimum absolute atomic E-state index is 0.134. The number of rotatable bonds is 6. The molecule has 0 spiro atoms. The maximum absolute atomic E-state index is 10.9. The van der Waals surface area contributed by atoms with E-state index in [-0.39, 0.29) is 18.0 Å². The van der Waals surface area contributed by atoms with Gasteiger partial charge in [-0.3, -0.25) is 5.32 Å². The summed E-state index contributed by atoms with van der Waals surface area (Å²) in [5.74, 6) is 1.38. The Hall–Kier alpha value is -3.15. The topological polar surface area (TPSA) is 62.8 Å². The van der Waals surface area contributed by atoms with E-state index in [4.69, 9.17) is 21.1 Å². The SMILES string of the molecule is CCOc1cccc(C2C=C(c3cccc(OC)c3)NC(c3cccc(Cl)c3)N2)c1O. The molecule has 3 aromatic rings. The first-order valence-electron chi connectivity index (χ1n) is 10.2. The van der Waals surface area contributed by atoms with Gasteiger partial charge in [-0.2, -0.15) is 0 Å². The second-order valence-corrected chi connectivity index (χ2v) is 7.65. The first kappa shape index (κ1) is 21.1. The quantitative estimate of drug-likeness (QED) is 0.481. The Kier molecular flexibility index (Phi) is 6.35. The third-order valence-corrected chi connectivity index (χ3v) is 5.44. The number of phenols is 1.